The van der Waals surface area contributed by atoms with E-state index < -0.39 is 10.8 Å². The number of amides is 1. The van der Waals surface area contributed by atoms with Crippen LogP contribution in [0.15, 0.2) is 36.4 Å². The highest BCUT2D eigenvalue weighted by Gasteiger charge is 2.25. The monoisotopic (exact) mass is 387 g/mol. The summed E-state index contributed by atoms with van der Waals surface area (Å²) in [5.74, 6) is -0.116. The van der Waals surface area contributed by atoms with Gasteiger partial charge in [0.1, 0.15) is 5.56 Å². The quantitative estimate of drug-likeness (QED) is 0.514. The predicted octanol–water partition coefficient (Wildman–Crippen LogP) is 4.10. The molecular formula is C20H25N3O5. The number of nitro benzene ring substituents is 1. The van der Waals surface area contributed by atoms with E-state index in [1.165, 1.54) is 19.2 Å². The number of hydrogen-bond acceptors (Lipinski definition) is 6. The number of carbonyl (C=O) groups excluding carboxylic acids is 1. The van der Waals surface area contributed by atoms with Crippen molar-refractivity contribution in [2.24, 2.45) is 0 Å². The van der Waals surface area contributed by atoms with Crippen molar-refractivity contribution in [2.45, 2.75) is 20.8 Å². The highest BCUT2D eigenvalue weighted by molar-refractivity contribution is 6.07. The number of benzene rings is 2. The van der Waals surface area contributed by atoms with E-state index in [0.717, 1.165) is 18.8 Å². The highest BCUT2D eigenvalue weighted by Crippen LogP contribution is 2.35. The summed E-state index contributed by atoms with van der Waals surface area (Å²) in [4.78, 5) is 25.7. The van der Waals surface area contributed by atoms with Crippen LogP contribution >= 0.6 is 0 Å². The van der Waals surface area contributed by atoms with Gasteiger partial charge in [-0.3, -0.25) is 14.9 Å². The first kappa shape index (κ1) is 21.0. The predicted molar refractivity (Wildman–Crippen MR) is 109 cm³/mol. The molecule has 0 spiro atoms. The number of nitrogens with one attached hydrogen (secondary N) is 1. The summed E-state index contributed by atoms with van der Waals surface area (Å²) in [6.45, 7) is 7.96. The molecule has 2 rings (SSSR count). The van der Waals surface area contributed by atoms with Gasteiger partial charge in [-0.1, -0.05) is 0 Å². The van der Waals surface area contributed by atoms with Gasteiger partial charge in [-0.05, 0) is 45.0 Å². The van der Waals surface area contributed by atoms with E-state index in [1.54, 1.807) is 19.1 Å². The Balaban J connectivity index is 2.31. The van der Waals surface area contributed by atoms with E-state index in [1.807, 2.05) is 12.1 Å². The number of anilines is 2. The first-order chi connectivity index (χ1) is 13.4. The molecule has 8 nitrogen and oxygen atoms in total. The minimum atomic E-state index is -0.611. The third-order valence-electron chi connectivity index (χ3n) is 4.28. The Labute approximate surface area is 164 Å². The zero-order valence-corrected chi connectivity index (χ0v) is 16.5. The maximum Gasteiger partial charge on any atom is 0.286 e. The van der Waals surface area contributed by atoms with Crippen molar-refractivity contribution >= 4 is 23.0 Å². The molecule has 0 saturated heterocycles. The summed E-state index contributed by atoms with van der Waals surface area (Å²) in [7, 11) is 1.41. The summed E-state index contributed by atoms with van der Waals surface area (Å²) < 4.78 is 10.6. The lowest BCUT2D eigenvalue weighted by Crippen LogP contribution is -2.21. The van der Waals surface area contributed by atoms with Gasteiger partial charge >= 0.3 is 0 Å². The number of carbonyl (C=O) groups is 1. The van der Waals surface area contributed by atoms with Gasteiger partial charge in [0.05, 0.1) is 24.7 Å². The third kappa shape index (κ3) is 4.70. The minimum absolute atomic E-state index is 0.0990. The molecule has 0 fully saturated rings. The van der Waals surface area contributed by atoms with E-state index in [9.17, 15) is 14.9 Å². The smallest absolute Gasteiger partial charge is 0.286 e. The highest BCUT2D eigenvalue weighted by atomic mass is 16.6. The zero-order valence-electron chi connectivity index (χ0n) is 16.5. The Morgan fingerprint density at radius 3 is 2.25 bits per heavy atom. The van der Waals surface area contributed by atoms with Crippen LogP contribution in [-0.4, -0.2) is 37.6 Å². The number of rotatable bonds is 9. The third-order valence-corrected chi connectivity index (χ3v) is 4.28. The number of nitrogens with zero attached hydrogens (tertiary/aromatic N) is 2. The molecule has 0 bridgehead atoms. The van der Waals surface area contributed by atoms with Gasteiger partial charge in [-0.2, -0.15) is 0 Å². The van der Waals surface area contributed by atoms with Gasteiger partial charge in [-0.25, -0.2) is 0 Å². The number of methoxy groups -OCH3 is 1. The van der Waals surface area contributed by atoms with Gasteiger partial charge < -0.3 is 19.7 Å². The summed E-state index contributed by atoms with van der Waals surface area (Å²) in [5.41, 5.74) is 1.14. The van der Waals surface area contributed by atoms with Crippen molar-refractivity contribution in [2.75, 3.05) is 37.0 Å². The van der Waals surface area contributed by atoms with Crippen molar-refractivity contribution in [3.63, 3.8) is 0 Å². The van der Waals surface area contributed by atoms with Crippen LogP contribution in [0.25, 0.3) is 0 Å². The summed E-state index contributed by atoms with van der Waals surface area (Å²) in [6, 6.07) is 9.86. The molecule has 0 saturated carbocycles. The summed E-state index contributed by atoms with van der Waals surface area (Å²) in [5, 5.41) is 14.1. The maximum absolute atomic E-state index is 12.7. The van der Waals surface area contributed by atoms with Gasteiger partial charge in [-0.15, -0.1) is 0 Å². The molecule has 0 unspecified atom stereocenters. The van der Waals surface area contributed by atoms with Crippen molar-refractivity contribution in [1.82, 2.24) is 0 Å². The van der Waals surface area contributed by atoms with E-state index in [2.05, 4.69) is 24.1 Å². The molecule has 0 aliphatic heterocycles. The molecule has 2 aromatic rings. The molecule has 2 aromatic carbocycles. The second kappa shape index (κ2) is 9.59. The van der Waals surface area contributed by atoms with Gasteiger partial charge in [0.25, 0.3) is 11.6 Å². The molecule has 150 valence electrons. The molecule has 0 aliphatic rings. The first-order valence-corrected chi connectivity index (χ1v) is 9.10. The lowest BCUT2D eigenvalue weighted by Gasteiger charge is -2.21. The summed E-state index contributed by atoms with van der Waals surface area (Å²) in [6.07, 6.45) is 0. The van der Waals surface area contributed by atoms with Crippen LogP contribution in [0.5, 0.6) is 11.5 Å². The summed E-state index contributed by atoms with van der Waals surface area (Å²) >= 11 is 0. The fourth-order valence-electron chi connectivity index (χ4n) is 2.85. The van der Waals surface area contributed by atoms with Crippen molar-refractivity contribution in [3.05, 3.63) is 52.1 Å². The molecule has 0 aromatic heterocycles. The molecule has 0 atom stereocenters. The van der Waals surface area contributed by atoms with Crippen LogP contribution in [-0.2, 0) is 0 Å². The molecule has 0 radical (unpaired) electrons. The topological polar surface area (TPSA) is 93.9 Å². The number of ether oxygens (including phenoxy) is 2. The van der Waals surface area contributed by atoms with Crippen molar-refractivity contribution in [1.29, 1.82) is 0 Å². The van der Waals surface area contributed by atoms with Gasteiger partial charge in [0.15, 0.2) is 11.5 Å². The molecule has 1 amide bonds. The van der Waals surface area contributed by atoms with E-state index in [-0.39, 0.29) is 22.7 Å². The number of hydrogen-bond donors (Lipinski definition) is 1. The van der Waals surface area contributed by atoms with Crippen LogP contribution in [0.4, 0.5) is 17.1 Å². The normalized spacial score (nSPS) is 10.3. The Bertz CT molecular complexity index is 832. The van der Waals surface area contributed by atoms with E-state index >= 15 is 0 Å². The first-order valence-electron chi connectivity index (χ1n) is 9.10. The Morgan fingerprint density at radius 2 is 1.75 bits per heavy atom. The largest absolute Gasteiger partial charge is 0.493 e. The molecular weight excluding hydrogens is 362 g/mol. The van der Waals surface area contributed by atoms with Crippen LogP contribution in [0.3, 0.4) is 0 Å². The molecule has 8 heteroatoms. The minimum Gasteiger partial charge on any atom is -0.493 e. The van der Waals surface area contributed by atoms with Crippen LogP contribution in [0.2, 0.25) is 0 Å². The molecule has 0 aliphatic carbocycles. The van der Waals surface area contributed by atoms with Crippen LogP contribution in [0, 0.1) is 10.1 Å². The van der Waals surface area contributed by atoms with Gasteiger partial charge in [0, 0.05) is 30.5 Å². The second-order valence-electron chi connectivity index (χ2n) is 5.88. The lowest BCUT2D eigenvalue weighted by molar-refractivity contribution is -0.385. The van der Waals surface area contributed by atoms with Crippen LogP contribution < -0.4 is 19.7 Å². The second-order valence-corrected chi connectivity index (χ2v) is 5.88. The average Bonchev–Trinajstić information content (AvgIpc) is 2.70. The molecule has 28 heavy (non-hydrogen) atoms. The van der Waals surface area contributed by atoms with Crippen LogP contribution in [0.1, 0.15) is 31.1 Å². The van der Waals surface area contributed by atoms with E-state index in [4.69, 9.17) is 9.47 Å². The van der Waals surface area contributed by atoms with Gasteiger partial charge in [0.2, 0.25) is 0 Å². The van der Waals surface area contributed by atoms with E-state index in [0.29, 0.717) is 12.3 Å². The number of nitro groups is 1. The molecule has 1 N–H and O–H groups in total. The van der Waals surface area contributed by atoms with Crippen molar-refractivity contribution in [3.8, 4) is 11.5 Å². The maximum atomic E-state index is 12.7. The Kier molecular flexibility index (Phi) is 7.20. The fourth-order valence-corrected chi connectivity index (χ4v) is 2.85. The average molecular weight is 387 g/mol. The van der Waals surface area contributed by atoms with Crippen molar-refractivity contribution < 1.29 is 19.2 Å². The Morgan fingerprint density at radius 1 is 1.11 bits per heavy atom. The zero-order chi connectivity index (χ0) is 20.7. The molecule has 0 heterocycles. The SMILES string of the molecule is CCOc1cc([N+](=O)[O-])c(C(=O)Nc2ccc(N(CC)CC)cc2)cc1OC. The lowest BCUT2D eigenvalue weighted by atomic mass is 10.1. The fraction of sp³-hybridized carbons (Fsp3) is 0.350. The Hall–Kier alpha value is -3.29. The standard InChI is InChI=1S/C20H25N3O5/c1-5-22(6-2)15-10-8-14(9-11-15)21-20(24)16-12-18(27-4)19(28-7-3)13-17(16)23(25)26/h8-13H,5-7H2,1-4H3,(H,21,24).